The lowest BCUT2D eigenvalue weighted by molar-refractivity contribution is -0.140. The molecule has 212 valence electrons. The van der Waals surface area contributed by atoms with Gasteiger partial charge in [-0.1, -0.05) is 60.1 Å². The number of fused-ring (bicyclic) bond motifs is 1. The van der Waals surface area contributed by atoms with Crippen LogP contribution in [0.25, 0.3) is 0 Å². The summed E-state index contributed by atoms with van der Waals surface area (Å²) in [7, 11) is -3.89. The molecule has 1 heterocycles. The van der Waals surface area contributed by atoms with Crippen LogP contribution in [0.1, 0.15) is 25.0 Å². The van der Waals surface area contributed by atoms with E-state index < -0.39 is 28.5 Å². The maximum atomic E-state index is 14.1. The molecule has 0 spiro atoms. The van der Waals surface area contributed by atoms with Crippen LogP contribution in [-0.4, -0.2) is 56.8 Å². The van der Waals surface area contributed by atoms with Crippen molar-refractivity contribution in [1.29, 1.82) is 0 Å². The summed E-state index contributed by atoms with van der Waals surface area (Å²) in [5, 5.41) is 3.26. The van der Waals surface area contributed by atoms with Crippen molar-refractivity contribution in [1.82, 2.24) is 10.2 Å². The normalized spacial score (nSPS) is 13.0. The molecule has 0 bridgehead atoms. The largest absolute Gasteiger partial charge is 0.454 e. The SMILES string of the molecule is CCNC(=O)[C@@H](Cc1ccccc1)N(Cc1ccccc1Cl)C(=O)CN(c1ccc2c(c1)OCO2)S(=O)(=O)CC. The first-order chi connectivity index (χ1) is 19.2. The third-order valence-corrected chi connectivity index (χ3v) is 8.65. The second-order valence-electron chi connectivity index (χ2n) is 9.16. The fraction of sp³-hybridized carbons (Fsp3) is 0.310. The van der Waals surface area contributed by atoms with E-state index in [1.807, 2.05) is 30.3 Å². The van der Waals surface area contributed by atoms with Crippen molar-refractivity contribution in [2.75, 3.05) is 29.9 Å². The molecule has 9 nitrogen and oxygen atoms in total. The van der Waals surface area contributed by atoms with E-state index in [1.54, 1.807) is 43.3 Å². The van der Waals surface area contributed by atoms with E-state index in [4.69, 9.17) is 21.1 Å². The van der Waals surface area contributed by atoms with Crippen molar-refractivity contribution in [3.63, 3.8) is 0 Å². The number of nitrogens with one attached hydrogen (secondary N) is 1. The second-order valence-corrected chi connectivity index (χ2v) is 11.7. The highest BCUT2D eigenvalue weighted by Crippen LogP contribution is 2.36. The summed E-state index contributed by atoms with van der Waals surface area (Å²) in [5.74, 6) is -0.258. The number of benzene rings is 3. The number of halogens is 1. The minimum atomic E-state index is -3.89. The van der Waals surface area contributed by atoms with Gasteiger partial charge in [-0.05, 0) is 43.2 Å². The van der Waals surface area contributed by atoms with Gasteiger partial charge in [0.15, 0.2) is 11.5 Å². The van der Waals surface area contributed by atoms with Crippen molar-refractivity contribution in [3.05, 3.63) is 88.9 Å². The molecule has 0 aromatic heterocycles. The van der Waals surface area contributed by atoms with Crippen LogP contribution in [0.5, 0.6) is 11.5 Å². The minimum absolute atomic E-state index is 0.00823. The number of carbonyl (C=O) groups excluding carboxylic acids is 2. The summed E-state index contributed by atoms with van der Waals surface area (Å²) < 4.78 is 38.3. The van der Waals surface area contributed by atoms with Gasteiger partial charge in [0.2, 0.25) is 28.6 Å². The highest BCUT2D eigenvalue weighted by atomic mass is 35.5. The third-order valence-electron chi connectivity index (χ3n) is 6.54. The summed E-state index contributed by atoms with van der Waals surface area (Å²) in [6.07, 6.45) is 0.230. The molecule has 0 aliphatic carbocycles. The Hall–Kier alpha value is -3.76. The van der Waals surface area contributed by atoms with Crippen LogP contribution < -0.4 is 19.1 Å². The van der Waals surface area contributed by atoms with Gasteiger partial charge in [0.05, 0.1) is 11.4 Å². The smallest absolute Gasteiger partial charge is 0.244 e. The highest BCUT2D eigenvalue weighted by Gasteiger charge is 2.34. The zero-order valence-corrected chi connectivity index (χ0v) is 24.0. The van der Waals surface area contributed by atoms with Crippen LogP contribution in [0.3, 0.4) is 0 Å². The van der Waals surface area contributed by atoms with Gasteiger partial charge in [-0.15, -0.1) is 0 Å². The maximum absolute atomic E-state index is 14.1. The lowest BCUT2D eigenvalue weighted by atomic mass is 10.0. The summed E-state index contributed by atoms with van der Waals surface area (Å²) in [4.78, 5) is 28.9. The van der Waals surface area contributed by atoms with Crippen molar-refractivity contribution < 1.29 is 27.5 Å². The van der Waals surface area contributed by atoms with Crippen LogP contribution in [0.2, 0.25) is 5.02 Å². The first-order valence-electron chi connectivity index (χ1n) is 13.0. The Kier molecular flexibility index (Phi) is 9.54. The van der Waals surface area contributed by atoms with Gasteiger partial charge < -0.3 is 19.7 Å². The number of ether oxygens (including phenoxy) is 2. The zero-order chi connectivity index (χ0) is 28.7. The zero-order valence-electron chi connectivity index (χ0n) is 22.4. The van der Waals surface area contributed by atoms with E-state index in [-0.39, 0.29) is 37.1 Å². The lowest BCUT2D eigenvalue weighted by Crippen LogP contribution is -2.53. The molecule has 1 aliphatic heterocycles. The molecular formula is C29H32ClN3O6S. The van der Waals surface area contributed by atoms with Crippen molar-refractivity contribution >= 4 is 39.1 Å². The van der Waals surface area contributed by atoms with E-state index in [0.717, 1.165) is 9.87 Å². The van der Waals surface area contributed by atoms with Crippen LogP contribution in [-0.2, 0) is 32.6 Å². The molecule has 4 rings (SSSR count). The molecule has 0 saturated carbocycles. The Labute approximate surface area is 239 Å². The number of amides is 2. The molecule has 0 fully saturated rings. The molecule has 0 unspecified atom stereocenters. The van der Waals surface area contributed by atoms with Gasteiger partial charge in [0.25, 0.3) is 0 Å². The Balaban J connectivity index is 1.74. The quantitative estimate of drug-likeness (QED) is 0.344. The molecule has 0 saturated heterocycles. The van der Waals surface area contributed by atoms with E-state index in [9.17, 15) is 18.0 Å². The van der Waals surface area contributed by atoms with E-state index >= 15 is 0 Å². The number of likely N-dealkylation sites (N-methyl/N-ethyl adjacent to an activating group) is 1. The number of sulfonamides is 1. The Morgan fingerprint density at radius 2 is 1.68 bits per heavy atom. The maximum Gasteiger partial charge on any atom is 0.244 e. The van der Waals surface area contributed by atoms with Gasteiger partial charge in [0.1, 0.15) is 12.6 Å². The molecule has 0 radical (unpaired) electrons. The number of anilines is 1. The first-order valence-corrected chi connectivity index (χ1v) is 15.0. The van der Waals surface area contributed by atoms with E-state index in [0.29, 0.717) is 28.6 Å². The standard InChI is InChI=1S/C29H32ClN3O6S/c1-3-31-29(35)25(16-21-10-6-5-7-11-21)32(18-22-12-8-9-13-24(22)30)28(34)19-33(40(36,37)4-2)23-14-15-26-27(17-23)39-20-38-26/h5-15,17,25H,3-4,16,18-20H2,1-2H3,(H,31,35)/t25-/m1/s1. The molecule has 1 atom stereocenters. The average molecular weight is 586 g/mol. The molecule has 40 heavy (non-hydrogen) atoms. The number of hydrogen-bond donors (Lipinski definition) is 1. The van der Waals surface area contributed by atoms with E-state index in [1.165, 1.54) is 17.9 Å². The Morgan fingerprint density at radius 1 is 0.975 bits per heavy atom. The number of nitrogens with zero attached hydrogens (tertiary/aromatic N) is 2. The van der Waals surface area contributed by atoms with Crippen LogP contribution >= 0.6 is 11.6 Å². The predicted molar refractivity (Wildman–Crippen MR) is 154 cm³/mol. The van der Waals surface area contributed by atoms with Gasteiger partial charge in [-0.25, -0.2) is 8.42 Å². The van der Waals surface area contributed by atoms with E-state index in [2.05, 4.69) is 5.32 Å². The molecule has 3 aromatic rings. The van der Waals surface area contributed by atoms with Gasteiger partial charge in [-0.3, -0.25) is 13.9 Å². The second kappa shape index (κ2) is 13.1. The number of hydrogen-bond acceptors (Lipinski definition) is 6. The Morgan fingerprint density at radius 3 is 2.38 bits per heavy atom. The minimum Gasteiger partial charge on any atom is -0.454 e. The van der Waals surface area contributed by atoms with Crippen molar-refractivity contribution in [2.45, 2.75) is 32.9 Å². The monoisotopic (exact) mass is 585 g/mol. The van der Waals surface area contributed by atoms with Crippen molar-refractivity contribution in [3.8, 4) is 11.5 Å². The fourth-order valence-electron chi connectivity index (χ4n) is 4.42. The molecule has 2 amide bonds. The molecular weight excluding hydrogens is 554 g/mol. The van der Waals surface area contributed by atoms with Gasteiger partial charge >= 0.3 is 0 Å². The average Bonchev–Trinajstić information content (AvgIpc) is 3.43. The van der Waals surface area contributed by atoms with Crippen LogP contribution in [0.15, 0.2) is 72.8 Å². The van der Waals surface area contributed by atoms with Crippen LogP contribution in [0, 0.1) is 0 Å². The summed E-state index contributed by atoms with van der Waals surface area (Å²) in [5.41, 5.74) is 1.74. The van der Waals surface area contributed by atoms with Crippen molar-refractivity contribution in [2.24, 2.45) is 0 Å². The molecule has 11 heteroatoms. The highest BCUT2D eigenvalue weighted by molar-refractivity contribution is 7.92. The number of rotatable bonds is 12. The summed E-state index contributed by atoms with van der Waals surface area (Å²) >= 11 is 6.46. The molecule has 3 aromatic carbocycles. The topological polar surface area (TPSA) is 105 Å². The van der Waals surface area contributed by atoms with Gasteiger partial charge in [0, 0.05) is 30.6 Å². The van der Waals surface area contributed by atoms with Gasteiger partial charge in [-0.2, -0.15) is 0 Å². The molecule has 1 aliphatic rings. The number of carbonyl (C=O) groups is 2. The fourth-order valence-corrected chi connectivity index (χ4v) is 5.67. The van der Waals surface area contributed by atoms with Crippen LogP contribution in [0.4, 0.5) is 5.69 Å². The predicted octanol–water partition coefficient (Wildman–Crippen LogP) is 4.00. The summed E-state index contributed by atoms with van der Waals surface area (Å²) in [6, 6.07) is 20.2. The third kappa shape index (κ3) is 6.86. The summed E-state index contributed by atoms with van der Waals surface area (Å²) in [6.45, 7) is 3.18. The molecule has 1 N–H and O–H groups in total. The Bertz CT molecular complexity index is 1450. The lowest BCUT2D eigenvalue weighted by Gasteiger charge is -2.34. The first kappa shape index (κ1) is 29.2.